The van der Waals surface area contributed by atoms with Gasteiger partial charge in [-0.1, -0.05) is 6.07 Å². The van der Waals surface area contributed by atoms with Crippen LogP contribution in [0, 0.1) is 0 Å². The van der Waals surface area contributed by atoms with Crippen molar-refractivity contribution in [3.05, 3.63) is 23.8 Å². The molecule has 0 aromatic heterocycles. The maximum Gasteiger partial charge on any atom is 0.125 e. The number of nitrogens with two attached hydrogens (primary N) is 1. The van der Waals surface area contributed by atoms with Crippen molar-refractivity contribution in [1.82, 2.24) is 0 Å². The number of aliphatic hydroxyl groups is 1. The minimum atomic E-state index is -0.161. The predicted octanol–water partition coefficient (Wildman–Crippen LogP) is 1.30. The molecule has 112 valence electrons. The molecular formula is C15H24N2O3. The molecule has 2 unspecified atom stereocenters. The minimum Gasteiger partial charge on any atom is -0.496 e. The number of benzene rings is 1. The summed E-state index contributed by atoms with van der Waals surface area (Å²) in [6.45, 7) is 5.44. The van der Waals surface area contributed by atoms with Gasteiger partial charge in [-0.3, -0.25) is 0 Å². The van der Waals surface area contributed by atoms with Gasteiger partial charge in [0, 0.05) is 30.4 Å². The van der Waals surface area contributed by atoms with Gasteiger partial charge in [0.2, 0.25) is 0 Å². The Kier molecular flexibility index (Phi) is 4.86. The maximum atomic E-state index is 9.35. The van der Waals surface area contributed by atoms with Crippen LogP contribution in [0.25, 0.3) is 0 Å². The SMILES string of the molecule is COc1cccc(N2CC(C)OC(CO)C2)c1[C@H](C)N. The number of hydrogen-bond donors (Lipinski definition) is 2. The Hall–Kier alpha value is -1.30. The summed E-state index contributed by atoms with van der Waals surface area (Å²) < 4.78 is 11.1. The van der Waals surface area contributed by atoms with Crippen molar-refractivity contribution in [3.8, 4) is 5.75 Å². The molecule has 1 aromatic rings. The van der Waals surface area contributed by atoms with Gasteiger partial charge in [-0.05, 0) is 26.0 Å². The second-order valence-electron chi connectivity index (χ2n) is 5.34. The highest BCUT2D eigenvalue weighted by molar-refractivity contribution is 5.61. The second kappa shape index (κ2) is 6.43. The van der Waals surface area contributed by atoms with Gasteiger partial charge in [0.05, 0.1) is 25.9 Å². The van der Waals surface area contributed by atoms with Crippen molar-refractivity contribution >= 4 is 5.69 Å². The highest BCUT2D eigenvalue weighted by Gasteiger charge is 2.27. The van der Waals surface area contributed by atoms with E-state index in [1.165, 1.54) is 0 Å². The standard InChI is InChI=1S/C15H24N2O3/c1-10-7-17(8-12(9-18)20-10)13-5-4-6-14(19-3)15(13)11(2)16/h4-6,10-12,18H,7-9,16H2,1-3H3/t10?,11-,12?/m0/s1. The van der Waals surface area contributed by atoms with Crippen LogP contribution in [-0.4, -0.2) is 44.1 Å². The number of methoxy groups -OCH3 is 1. The lowest BCUT2D eigenvalue weighted by molar-refractivity contribution is -0.0421. The first-order chi connectivity index (χ1) is 9.56. The smallest absolute Gasteiger partial charge is 0.125 e. The fourth-order valence-corrected chi connectivity index (χ4v) is 2.79. The molecular weight excluding hydrogens is 256 g/mol. The molecule has 3 atom stereocenters. The van der Waals surface area contributed by atoms with Crippen molar-refractivity contribution in [2.75, 3.05) is 31.7 Å². The number of morpholine rings is 1. The summed E-state index contributed by atoms with van der Waals surface area (Å²) in [7, 11) is 1.66. The van der Waals surface area contributed by atoms with E-state index in [4.69, 9.17) is 15.2 Å². The third-order valence-corrected chi connectivity index (χ3v) is 3.59. The molecule has 1 saturated heterocycles. The summed E-state index contributed by atoms with van der Waals surface area (Å²) in [4.78, 5) is 2.22. The minimum absolute atomic E-state index is 0.0261. The Labute approximate surface area is 120 Å². The lowest BCUT2D eigenvalue weighted by Gasteiger charge is -2.39. The van der Waals surface area contributed by atoms with E-state index in [-0.39, 0.29) is 24.9 Å². The van der Waals surface area contributed by atoms with E-state index >= 15 is 0 Å². The third kappa shape index (κ3) is 3.06. The first-order valence-electron chi connectivity index (χ1n) is 7.00. The van der Waals surface area contributed by atoms with Crippen molar-refractivity contribution < 1.29 is 14.6 Å². The van der Waals surface area contributed by atoms with Crippen LogP contribution < -0.4 is 15.4 Å². The first-order valence-corrected chi connectivity index (χ1v) is 7.00. The van der Waals surface area contributed by atoms with Crippen molar-refractivity contribution in [3.63, 3.8) is 0 Å². The molecule has 2 rings (SSSR count). The first kappa shape index (κ1) is 15.1. The van der Waals surface area contributed by atoms with Gasteiger partial charge in [0.1, 0.15) is 5.75 Å². The molecule has 5 nitrogen and oxygen atoms in total. The molecule has 0 bridgehead atoms. The number of hydrogen-bond acceptors (Lipinski definition) is 5. The average Bonchev–Trinajstić information content (AvgIpc) is 2.45. The zero-order chi connectivity index (χ0) is 14.7. The normalized spacial score (nSPS) is 24.6. The van der Waals surface area contributed by atoms with Crippen LogP contribution in [0.3, 0.4) is 0 Å². The van der Waals surface area contributed by atoms with Crippen LogP contribution in [0.5, 0.6) is 5.75 Å². The van der Waals surface area contributed by atoms with Crippen molar-refractivity contribution in [1.29, 1.82) is 0 Å². The van der Waals surface area contributed by atoms with Gasteiger partial charge in [0.15, 0.2) is 0 Å². The molecule has 3 N–H and O–H groups in total. The molecule has 0 amide bonds. The molecule has 5 heteroatoms. The van der Waals surface area contributed by atoms with E-state index in [9.17, 15) is 5.11 Å². The van der Waals surface area contributed by atoms with Gasteiger partial charge in [-0.25, -0.2) is 0 Å². The van der Waals surface area contributed by atoms with Crippen LogP contribution in [0.1, 0.15) is 25.5 Å². The molecule has 0 aliphatic carbocycles. The van der Waals surface area contributed by atoms with Gasteiger partial charge >= 0.3 is 0 Å². The van der Waals surface area contributed by atoms with E-state index in [1.807, 2.05) is 32.0 Å². The average molecular weight is 280 g/mol. The number of anilines is 1. The van der Waals surface area contributed by atoms with Crippen LogP contribution in [0.2, 0.25) is 0 Å². The molecule has 0 saturated carbocycles. The summed E-state index contributed by atoms with van der Waals surface area (Å²) in [6.07, 6.45) is -0.0843. The maximum absolute atomic E-state index is 9.35. The number of rotatable bonds is 4. The fourth-order valence-electron chi connectivity index (χ4n) is 2.79. The summed E-state index contributed by atoms with van der Waals surface area (Å²) in [6, 6.07) is 5.82. The summed E-state index contributed by atoms with van der Waals surface area (Å²) in [5, 5.41) is 9.35. The van der Waals surface area contributed by atoms with Crippen molar-refractivity contribution in [2.24, 2.45) is 5.73 Å². The Morgan fingerprint density at radius 2 is 2.25 bits per heavy atom. The highest BCUT2D eigenvalue weighted by atomic mass is 16.5. The van der Waals surface area contributed by atoms with E-state index in [0.29, 0.717) is 6.54 Å². The van der Waals surface area contributed by atoms with Crippen LogP contribution in [-0.2, 0) is 4.74 Å². The van der Waals surface area contributed by atoms with E-state index in [1.54, 1.807) is 7.11 Å². The Bertz CT molecular complexity index is 451. The Morgan fingerprint density at radius 1 is 1.50 bits per heavy atom. The third-order valence-electron chi connectivity index (χ3n) is 3.59. The number of ether oxygens (including phenoxy) is 2. The summed E-state index contributed by atoms with van der Waals surface area (Å²) in [5.41, 5.74) is 8.18. The van der Waals surface area contributed by atoms with Crippen LogP contribution >= 0.6 is 0 Å². The molecule has 1 aromatic carbocycles. The second-order valence-corrected chi connectivity index (χ2v) is 5.34. The van der Waals surface area contributed by atoms with Gasteiger partial charge in [-0.15, -0.1) is 0 Å². The molecule has 1 aliphatic heterocycles. The monoisotopic (exact) mass is 280 g/mol. The number of nitrogens with zero attached hydrogens (tertiary/aromatic N) is 1. The fraction of sp³-hybridized carbons (Fsp3) is 0.600. The topological polar surface area (TPSA) is 68.0 Å². The van der Waals surface area contributed by atoms with E-state index in [2.05, 4.69) is 4.90 Å². The van der Waals surface area contributed by atoms with Gasteiger partial charge in [-0.2, -0.15) is 0 Å². The molecule has 1 heterocycles. The zero-order valence-corrected chi connectivity index (χ0v) is 12.4. The van der Waals surface area contributed by atoms with Crippen LogP contribution in [0.15, 0.2) is 18.2 Å². The zero-order valence-electron chi connectivity index (χ0n) is 12.4. The molecule has 0 radical (unpaired) electrons. The predicted molar refractivity (Wildman–Crippen MR) is 79.2 cm³/mol. The molecule has 1 aliphatic rings. The lowest BCUT2D eigenvalue weighted by atomic mass is 10.0. The molecule has 0 spiro atoms. The quantitative estimate of drug-likeness (QED) is 0.870. The Balaban J connectivity index is 2.36. The summed E-state index contributed by atoms with van der Waals surface area (Å²) >= 11 is 0. The largest absolute Gasteiger partial charge is 0.496 e. The molecule has 1 fully saturated rings. The highest BCUT2D eigenvalue weighted by Crippen LogP contribution is 2.34. The number of aliphatic hydroxyl groups excluding tert-OH is 1. The summed E-state index contributed by atoms with van der Waals surface area (Å²) in [5.74, 6) is 0.803. The van der Waals surface area contributed by atoms with E-state index in [0.717, 1.165) is 23.5 Å². The van der Waals surface area contributed by atoms with Crippen molar-refractivity contribution in [2.45, 2.75) is 32.1 Å². The van der Waals surface area contributed by atoms with Crippen LogP contribution in [0.4, 0.5) is 5.69 Å². The van der Waals surface area contributed by atoms with E-state index < -0.39 is 0 Å². The Morgan fingerprint density at radius 3 is 2.85 bits per heavy atom. The lowest BCUT2D eigenvalue weighted by Crippen LogP contribution is -2.48. The molecule has 20 heavy (non-hydrogen) atoms. The van der Waals surface area contributed by atoms with Gasteiger partial charge < -0.3 is 25.2 Å². The van der Waals surface area contributed by atoms with Gasteiger partial charge in [0.25, 0.3) is 0 Å².